The molecule has 3 amide bonds. The molecular weight excluding hydrogens is 390 g/mol. The zero-order valence-electron chi connectivity index (χ0n) is 18.3. The summed E-state index contributed by atoms with van der Waals surface area (Å²) < 4.78 is 0. The molecule has 0 saturated carbocycles. The van der Waals surface area contributed by atoms with Crippen LogP contribution in [0, 0.1) is 11.8 Å². The fraction of sp³-hybridized carbons (Fsp3) is 0.400. The Morgan fingerprint density at radius 1 is 0.968 bits per heavy atom. The summed E-state index contributed by atoms with van der Waals surface area (Å²) >= 11 is 0. The smallest absolute Gasteiger partial charge is 0.255 e. The van der Waals surface area contributed by atoms with Crippen molar-refractivity contribution in [3.63, 3.8) is 0 Å². The van der Waals surface area contributed by atoms with Gasteiger partial charge >= 0.3 is 0 Å². The number of para-hydroxylation sites is 1. The van der Waals surface area contributed by atoms with Gasteiger partial charge in [-0.2, -0.15) is 0 Å². The fourth-order valence-corrected chi connectivity index (χ4v) is 3.71. The summed E-state index contributed by atoms with van der Waals surface area (Å²) in [7, 11) is 0. The van der Waals surface area contributed by atoms with E-state index in [1.165, 1.54) is 0 Å². The topological polar surface area (TPSA) is 78.5 Å². The van der Waals surface area contributed by atoms with Crippen LogP contribution in [0.15, 0.2) is 54.6 Å². The maximum Gasteiger partial charge on any atom is 0.255 e. The lowest BCUT2D eigenvalue weighted by molar-refractivity contribution is -0.126. The van der Waals surface area contributed by atoms with Gasteiger partial charge in [-0.05, 0) is 49.4 Å². The highest BCUT2D eigenvalue weighted by molar-refractivity contribution is 6.09. The van der Waals surface area contributed by atoms with E-state index in [2.05, 4.69) is 24.5 Å². The predicted octanol–water partition coefficient (Wildman–Crippen LogP) is 3.95. The highest BCUT2D eigenvalue weighted by Gasteiger charge is 2.28. The molecule has 0 aromatic heterocycles. The van der Waals surface area contributed by atoms with Crippen LogP contribution in [0.25, 0.3) is 0 Å². The number of benzene rings is 2. The van der Waals surface area contributed by atoms with Gasteiger partial charge in [0.15, 0.2) is 0 Å². The zero-order valence-corrected chi connectivity index (χ0v) is 18.3. The summed E-state index contributed by atoms with van der Waals surface area (Å²) in [6.07, 6.45) is 2.27. The van der Waals surface area contributed by atoms with Gasteiger partial charge in [-0.3, -0.25) is 14.4 Å². The third-order valence-corrected chi connectivity index (χ3v) is 5.62. The van der Waals surface area contributed by atoms with Gasteiger partial charge in [0.2, 0.25) is 5.91 Å². The van der Waals surface area contributed by atoms with Gasteiger partial charge < -0.3 is 15.5 Å². The van der Waals surface area contributed by atoms with Crippen molar-refractivity contribution in [3.8, 4) is 0 Å². The third kappa shape index (κ3) is 6.17. The molecule has 0 bridgehead atoms. The molecule has 164 valence electrons. The first-order valence-corrected chi connectivity index (χ1v) is 11.0. The normalized spacial score (nSPS) is 14.4. The van der Waals surface area contributed by atoms with Crippen molar-refractivity contribution in [3.05, 3.63) is 65.7 Å². The highest BCUT2D eigenvalue weighted by Crippen LogP contribution is 2.23. The van der Waals surface area contributed by atoms with Crippen LogP contribution >= 0.6 is 0 Å². The zero-order chi connectivity index (χ0) is 22.2. The molecule has 0 radical (unpaired) electrons. The number of amides is 3. The van der Waals surface area contributed by atoms with E-state index in [1.54, 1.807) is 53.4 Å². The van der Waals surface area contributed by atoms with Gasteiger partial charge in [0.1, 0.15) is 0 Å². The van der Waals surface area contributed by atoms with E-state index in [-0.39, 0.29) is 23.6 Å². The number of carbonyl (C=O) groups excluding carboxylic acids is 3. The molecule has 0 unspecified atom stereocenters. The van der Waals surface area contributed by atoms with E-state index in [4.69, 9.17) is 0 Å². The van der Waals surface area contributed by atoms with Crippen LogP contribution in [0.3, 0.4) is 0 Å². The van der Waals surface area contributed by atoms with Crippen LogP contribution in [-0.2, 0) is 4.79 Å². The first-order chi connectivity index (χ1) is 15.0. The molecule has 3 rings (SSSR count). The van der Waals surface area contributed by atoms with E-state index in [0.717, 1.165) is 6.42 Å². The van der Waals surface area contributed by atoms with Gasteiger partial charge in [-0.15, -0.1) is 0 Å². The van der Waals surface area contributed by atoms with Gasteiger partial charge in [0, 0.05) is 31.1 Å². The highest BCUT2D eigenvalue weighted by atomic mass is 16.2. The number of hydrogen-bond acceptors (Lipinski definition) is 3. The van der Waals surface area contributed by atoms with Crippen molar-refractivity contribution in [1.82, 2.24) is 10.2 Å². The minimum Gasteiger partial charge on any atom is -0.356 e. The fourth-order valence-electron chi connectivity index (χ4n) is 3.71. The average Bonchev–Trinajstić information content (AvgIpc) is 2.79. The second kappa shape index (κ2) is 10.8. The first kappa shape index (κ1) is 22.5. The van der Waals surface area contributed by atoms with E-state index in [1.807, 2.05) is 6.07 Å². The maximum absolute atomic E-state index is 13.1. The average molecular weight is 422 g/mol. The van der Waals surface area contributed by atoms with Crippen molar-refractivity contribution in [2.75, 3.05) is 25.0 Å². The molecular formula is C25H31N3O3. The van der Waals surface area contributed by atoms with Gasteiger partial charge in [0.05, 0.1) is 11.3 Å². The van der Waals surface area contributed by atoms with Gasteiger partial charge in [-0.25, -0.2) is 0 Å². The first-order valence-electron chi connectivity index (χ1n) is 11.0. The van der Waals surface area contributed by atoms with Crippen molar-refractivity contribution < 1.29 is 14.4 Å². The van der Waals surface area contributed by atoms with Gasteiger partial charge in [0.25, 0.3) is 11.8 Å². The molecule has 0 aliphatic carbocycles. The molecule has 6 heteroatoms. The molecule has 0 atom stereocenters. The lowest BCUT2D eigenvalue weighted by Gasteiger charge is -2.32. The van der Waals surface area contributed by atoms with Crippen molar-refractivity contribution in [1.29, 1.82) is 0 Å². The number of piperidine rings is 1. The Kier molecular flexibility index (Phi) is 7.82. The quantitative estimate of drug-likeness (QED) is 0.710. The summed E-state index contributed by atoms with van der Waals surface area (Å²) in [5.74, 6) is 0.218. The van der Waals surface area contributed by atoms with Gasteiger partial charge in [-0.1, -0.05) is 44.2 Å². The molecule has 0 spiro atoms. The summed E-state index contributed by atoms with van der Waals surface area (Å²) in [4.78, 5) is 39.8. The minimum atomic E-state index is -0.252. The molecule has 1 heterocycles. The van der Waals surface area contributed by atoms with Crippen molar-refractivity contribution in [2.24, 2.45) is 11.8 Å². The van der Waals surface area contributed by atoms with Crippen LogP contribution in [0.1, 0.15) is 53.8 Å². The largest absolute Gasteiger partial charge is 0.356 e. The summed E-state index contributed by atoms with van der Waals surface area (Å²) in [6, 6.07) is 16.0. The second-order valence-electron chi connectivity index (χ2n) is 8.41. The Hall–Kier alpha value is -3.15. The Bertz CT molecular complexity index is 903. The SMILES string of the molecule is CC(C)CCNC(=O)C1CCN(C(=O)c2ccccc2NC(=O)c2ccccc2)CC1. The molecule has 2 aromatic carbocycles. The minimum absolute atomic E-state index is 0.0516. The summed E-state index contributed by atoms with van der Waals surface area (Å²) in [6.45, 7) is 6.03. The molecule has 2 N–H and O–H groups in total. The van der Waals surface area contributed by atoms with Crippen LogP contribution in [0.4, 0.5) is 5.69 Å². The Morgan fingerprint density at radius 2 is 1.61 bits per heavy atom. The van der Waals surface area contributed by atoms with E-state index in [0.29, 0.717) is 55.2 Å². The maximum atomic E-state index is 13.1. The monoisotopic (exact) mass is 421 g/mol. The molecule has 6 nitrogen and oxygen atoms in total. The molecule has 2 aromatic rings. The van der Waals surface area contributed by atoms with Crippen LogP contribution in [-0.4, -0.2) is 42.3 Å². The molecule has 1 aliphatic heterocycles. The molecule has 31 heavy (non-hydrogen) atoms. The predicted molar refractivity (Wildman–Crippen MR) is 122 cm³/mol. The number of nitrogens with one attached hydrogen (secondary N) is 2. The third-order valence-electron chi connectivity index (χ3n) is 5.62. The van der Waals surface area contributed by atoms with Crippen LogP contribution in [0.2, 0.25) is 0 Å². The number of hydrogen-bond donors (Lipinski definition) is 2. The number of carbonyl (C=O) groups is 3. The number of rotatable bonds is 7. The second-order valence-corrected chi connectivity index (χ2v) is 8.41. The molecule has 1 saturated heterocycles. The van der Waals surface area contributed by atoms with Crippen LogP contribution < -0.4 is 10.6 Å². The molecule has 1 fully saturated rings. The van der Waals surface area contributed by atoms with E-state index < -0.39 is 0 Å². The number of likely N-dealkylation sites (tertiary alicyclic amines) is 1. The lowest BCUT2D eigenvalue weighted by Crippen LogP contribution is -2.43. The lowest BCUT2D eigenvalue weighted by atomic mass is 9.95. The Morgan fingerprint density at radius 3 is 2.29 bits per heavy atom. The Labute approximate surface area is 184 Å². The van der Waals surface area contributed by atoms with E-state index in [9.17, 15) is 14.4 Å². The molecule has 1 aliphatic rings. The number of nitrogens with zero attached hydrogens (tertiary/aromatic N) is 1. The Balaban J connectivity index is 1.59. The summed E-state index contributed by atoms with van der Waals surface area (Å²) in [5, 5.41) is 5.87. The summed E-state index contributed by atoms with van der Waals surface area (Å²) in [5.41, 5.74) is 1.50. The van der Waals surface area contributed by atoms with E-state index >= 15 is 0 Å². The van der Waals surface area contributed by atoms with Crippen molar-refractivity contribution in [2.45, 2.75) is 33.1 Å². The standard InChI is InChI=1S/C25H31N3O3/c1-18(2)12-15-26-23(29)20-13-16-28(17-14-20)25(31)21-10-6-7-11-22(21)27-24(30)19-8-4-3-5-9-19/h3-11,18,20H,12-17H2,1-2H3,(H,26,29)(H,27,30). The van der Waals surface area contributed by atoms with Crippen molar-refractivity contribution >= 4 is 23.4 Å². The number of anilines is 1. The van der Waals surface area contributed by atoms with Crippen LogP contribution in [0.5, 0.6) is 0 Å².